The molecule has 1 aromatic heterocycles. The van der Waals surface area contributed by atoms with E-state index in [2.05, 4.69) is 21.8 Å². The first-order valence-corrected chi connectivity index (χ1v) is 6.72. The largest absolute Gasteiger partial charge is 0.358 e. The second-order valence-corrected chi connectivity index (χ2v) is 5.49. The number of anilines is 1. The molecule has 1 atom stereocenters. The van der Waals surface area contributed by atoms with Gasteiger partial charge in [-0.3, -0.25) is 0 Å². The minimum absolute atomic E-state index is 0.453. The van der Waals surface area contributed by atoms with Crippen molar-refractivity contribution < 1.29 is 0 Å². The van der Waals surface area contributed by atoms with E-state index in [0.29, 0.717) is 17.5 Å². The number of hydrogen-bond acceptors (Lipinski definition) is 4. The number of aromatic nitrogens is 1. The average Bonchev–Trinajstić information content (AvgIpc) is 2.75. The minimum Gasteiger partial charge on any atom is -0.358 e. The van der Waals surface area contributed by atoms with E-state index < -0.39 is 0 Å². The highest BCUT2D eigenvalue weighted by molar-refractivity contribution is 6.33. The van der Waals surface area contributed by atoms with Gasteiger partial charge >= 0.3 is 0 Å². The Balaban J connectivity index is 2.06. The molecule has 0 radical (unpaired) electrons. The Hall–Kier alpha value is -0.840. The van der Waals surface area contributed by atoms with Gasteiger partial charge in [-0.1, -0.05) is 11.6 Å². The van der Waals surface area contributed by atoms with Crippen LogP contribution in [0.2, 0.25) is 5.02 Å². The predicted molar refractivity (Wildman–Crippen MR) is 76.0 cm³/mol. The monoisotopic (exact) mass is 268 g/mol. The van der Waals surface area contributed by atoms with Crippen LogP contribution < -0.4 is 10.6 Å². The Kier molecular flexibility index (Phi) is 4.43. The molecule has 0 spiro atoms. The molecule has 5 heteroatoms. The first-order valence-electron chi connectivity index (χ1n) is 6.35. The van der Waals surface area contributed by atoms with Crippen LogP contribution in [0.3, 0.4) is 0 Å². The van der Waals surface area contributed by atoms with Crippen molar-refractivity contribution in [2.75, 3.05) is 38.6 Å². The molecule has 2 N–H and O–H groups in total. The molecule has 0 bridgehead atoms. The van der Waals surface area contributed by atoms with Gasteiger partial charge in [0.05, 0.1) is 5.02 Å². The van der Waals surface area contributed by atoms with E-state index in [9.17, 15) is 0 Å². The summed E-state index contributed by atoms with van der Waals surface area (Å²) in [7, 11) is 4.22. The molecular formula is C13H21ClN4. The first-order chi connectivity index (χ1) is 8.61. The van der Waals surface area contributed by atoms with Gasteiger partial charge in [0.2, 0.25) is 0 Å². The van der Waals surface area contributed by atoms with Crippen molar-refractivity contribution in [3.05, 3.63) is 22.8 Å². The minimum atomic E-state index is 0.453. The van der Waals surface area contributed by atoms with Crippen molar-refractivity contribution in [2.45, 2.75) is 13.0 Å². The topological polar surface area (TPSA) is 45.4 Å². The van der Waals surface area contributed by atoms with Crippen LogP contribution in [0, 0.1) is 5.92 Å². The smallest absolute Gasteiger partial charge is 0.147 e. The van der Waals surface area contributed by atoms with Gasteiger partial charge in [-0.2, -0.15) is 0 Å². The highest BCUT2D eigenvalue weighted by atomic mass is 35.5. The third-order valence-electron chi connectivity index (χ3n) is 3.55. The molecule has 18 heavy (non-hydrogen) atoms. The van der Waals surface area contributed by atoms with E-state index in [1.165, 1.54) is 13.0 Å². The van der Waals surface area contributed by atoms with Crippen LogP contribution in [0.1, 0.15) is 12.0 Å². The molecule has 1 aromatic rings. The summed E-state index contributed by atoms with van der Waals surface area (Å²) in [6.07, 6.45) is 3.02. The Morgan fingerprint density at radius 3 is 3.00 bits per heavy atom. The molecule has 0 amide bonds. The maximum absolute atomic E-state index is 6.32. The van der Waals surface area contributed by atoms with Crippen LogP contribution in [0.5, 0.6) is 0 Å². The van der Waals surface area contributed by atoms with Crippen molar-refractivity contribution in [2.24, 2.45) is 11.7 Å². The number of nitrogens with zero attached hydrogens (tertiary/aromatic N) is 3. The molecule has 1 saturated heterocycles. The molecule has 1 aliphatic rings. The van der Waals surface area contributed by atoms with Gasteiger partial charge in [-0.15, -0.1) is 0 Å². The van der Waals surface area contributed by atoms with Gasteiger partial charge in [-0.05, 0) is 37.6 Å². The van der Waals surface area contributed by atoms with Crippen molar-refractivity contribution >= 4 is 17.4 Å². The van der Waals surface area contributed by atoms with E-state index in [4.69, 9.17) is 17.3 Å². The highest BCUT2D eigenvalue weighted by Gasteiger charge is 2.22. The molecule has 1 unspecified atom stereocenters. The van der Waals surface area contributed by atoms with Crippen LogP contribution in [0.15, 0.2) is 12.3 Å². The highest BCUT2D eigenvalue weighted by Crippen LogP contribution is 2.27. The van der Waals surface area contributed by atoms with Gasteiger partial charge in [0.1, 0.15) is 5.82 Å². The molecule has 100 valence electrons. The third-order valence-corrected chi connectivity index (χ3v) is 3.97. The Morgan fingerprint density at radius 1 is 1.61 bits per heavy atom. The normalized spacial score (nSPS) is 20.3. The fourth-order valence-electron chi connectivity index (χ4n) is 2.54. The number of likely N-dealkylation sites (tertiary alicyclic amines) is 1. The second-order valence-electron chi connectivity index (χ2n) is 5.11. The Morgan fingerprint density at radius 2 is 2.39 bits per heavy atom. The van der Waals surface area contributed by atoms with Gasteiger partial charge in [0, 0.05) is 32.9 Å². The van der Waals surface area contributed by atoms with Crippen LogP contribution in [-0.4, -0.2) is 43.6 Å². The molecule has 4 nitrogen and oxygen atoms in total. The lowest BCUT2D eigenvalue weighted by atomic mass is 10.1. The zero-order valence-electron chi connectivity index (χ0n) is 11.1. The summed E-state index contributed by atoms with van der Waals surface area (Å²) < 4.78 is 0. The number of nitrogens with two attached hydrogens (primary N) is 1. The van der Waals surface area contributed by atoms with E-state index >= 15 is 0 Å². The number of pyridine rings is 1. The zero-order chi connectivity index (χ0) is 13.1. The SMILES string of the molecule is CN1CCC(CN(C)c2nccc(CN)c2Cl)C1. The summed E-state index contributed by atoms with van der Waals surface area (Å²) in [6.45, 7) is 3.78. The molecule has 1 aliphatic heterocycles. The van der Waals surface area contributed by atoms with Crippen LogP contribution in [0.4, 0.5) is 5.82 Å². The number of halogens is 1. The van der Waals surface area contributed by atoms with Gasteiger partial charge < -0.3 is 15.5 Å². The summed E-state index contributed by atoms with van der Waals surface area (Å²) in [5.41, 5.74) is 6.62. The number of hydrogen-bond donors (Lipinski definition) is 1. The number of rotatable bonds is 4. The molecule has 0 aromatic carbocycles. The third kappa shape index (κ3) is 2.94. The molecule has 2 rings (SSSR count). The quantitative estimate of drug-likeness (QED) is 0.901. The summed E-state index contributed by atoms with van der Waals surface area (Å²) in [4.78, 5) is 8.88. The zero-order valence-corrected chi connectivity index (χ0v) is 11.8. The van der Waals surface area contributed by atoms with E-state index in [-0.39, 0.29) is 0 Å². The lowest BCUT2D eigenvalue weighted by molar-refractivity contribution is 0.395. The van der Waals surface area contributed by atoms with Gasteiger partial charge in [-0.25, -0.2) is 4.98 Å². The second kappa shape index (κ2) is 5.87. The Bertz CT molecular complexity index is 410. The summed E-state index contributed by atoms with van der Waals surface area (Å²) in [5, 5.41) is 0.689. The van der Waals surface area contributed by atoms with Gasteiger partial charge in [0.15, 0.2) is 0 Å². The van der Waals surface area contributed by atoms with E-state index in [1.54, 1.807) is 6.20 Å². The predicted octanol–water partition coefficient (Wildman–Crippen LogP) is 1.58. The first kappa shape index (κ1) is 13.6. The van der Waals surface area contributed by atoms with Crippen LogP contribution >= 0.6 is 11.6 Å². The maximum atomic E-state index is 6.32. The van der Waals surface area contributed by atoms with Crippen molar-refractivity contribution in [1.29, 1.82) is 0 Å². The van der Waals surface area contributed by atoms with Crippen molar-refractivity contribution in [3.63, 3.8) is 0 Å². The fraction of sp³-hybridized carbons (Fsp3) is 0.615. The van der Waals surface area contributed by atoms with E-state index in [0.717, 1.165) is 24.5 Å². The van der Waals surface area contributed by atoms with Crippen molar-refractivity contribution in [3.8, 4) is 0 Å². The fourth-order valence-corrected chi connectivity index (χ4v) is 2.88. The van der Waals surface area contributed by atoms with E-state index in [1.807, 2.05) is 13.1 Å². The molecule has 0 saturated carbocycles. The lowest BCUT2D eigenvalue weighted by Crippen LogP contribution is -2.28. The summed E-state index contributed by atoms with van der Waals surface area (Å²) >= 11 is 6.32. The summed E-state index contributed by atoms with van der Waals surface area (Å²) in [6, 6.07) is 1.88. The van der Waals surface area contributed by atoms with Crippen molar-refractivity contribution in [1.82, 2.24) is 9.88 Å². The lowest BCUT2D eigenvalue weighted by Gasteiger charge is -2.23. The van der Waals surface area contributed by atoms with Crippen LogP contribution in [0.25, 0.3) is 0 Å². The average molecular weight is 269 g/mol. The molecule has 1 fully saturated rings. The Labute approximate surface area is 114 Å². The van der Waals surface area contributed by atoms with Gasteiger partial charge in [0.25, 0.3) is 0 Å². The molecule has 0 aliphatic carbocycles. The molecule has 2 heterocycles. The van der Waals surface area contributed by atoms with Crippen LogP contribution in [-0.2, 0) is 6.54 Å². The maximum Gasteiger partial charge on any atom is 0.147 e. The standard InChI is InChI=1S/C13H21ClN4/c1-17-6-4-10(8-17)9-18(2)13-12(14)11(7-15)3-5-16-13/h3,5,10H,4,6-9,15H2,1-2H3. The molecular weight excluding hydrogens is 248 g/mol. The summed E-state index contributed by atoms with van der Waals surface area (Å²) in [5.74, 6) is 1.54.